The molecule has 0 amide bonds. The summed E-state index contributed by atoms with van der Waals surface area (Å²) in [7, 11) is 0. The van der Waals surface area contributed by atoms with Crippen LogP contribution in [0.1, 0.15) is 24.6 Å². The maximum Gasteiger partial charge on any atom is 0.160 e. The highest BCUT2D eigenvalue weighted by Gasteiger charge is 2.08. The van der Waals surface area contributed by atoms with E-state index in [1.54, 1.807) is 18.3 Å². The Morgan fingerprint density at radius 2 is 2.22 bits per heavy atom. The van der Waals surface area contributed by atoms with Crippen LogP contribution in [0.5, 0.6) is 0 Å². The third-order valence-corrected chi connectivity index (χ3v) is 2.57. The van der Waals surface area contributed by atoms with Crippen LogP contribution in [-0.4, -0.2) is 9.97 Å². The summed E-state index contributed by atoms with van der Waals surface area (Å²) < 4.78 is 13.1. The molecule has 0 unspecified atom stereocenters. The molecule has 0 spiro atoms. The smallest absolute Gasteiger partial charge is 0.160 e. The van der Waals surface area contributed by atoms with E-state index in [1.807, 2.05) is 6.92 Å². The number of hydrogen-bond acceptors (Lipinski definition) is 3. The molecule has 1 aromatic carbocycles. The number of rotatable bonds is 3. The molecule has 1 aromatic heterocycles. The third kappa shape index (κ3) is 2.51. The molecule has 2 aromatic rings. The number of nitriles is 1. The van der Waals surface area contributed by atoms with Crippen LogP contribution in [0.25, 0.3) is 11.4 Å². The Bertz CT molecular complexity index is 602. The molecular formula is C14H12FN3. The van der Waals surface area contributed by atoms with E-state index in [9.17, 15) is 4.39 Å². The van der Waals surface area contributed by atoms with E-state index in [0.717, 1.165) is 18.4 Å². The summed E-state index contributed by atoms with van der Waals surface area (Å²) in [4.78, 5) is 8.37. The first kappa shape index (κ1) is 12.2. The van der Waals surface area contributed by atoms with Gasteiger partial charge in [0.1, 0.15) is 17.6 Å². The number of benzene rings is 1. The van der Waals surface area contributed by atoms with Gasteiger partial charge in [0.2, 0.25) is 0 Å². The Balaban J connectivity index is 2.45. The SMILES string of the molecule is CCCc1cnc(-c2cccc(F)c2)nc1C#N. The number of aromatic nitrogens is 2. The highest BCUT2D eigenvalue weighted by Crippen LogP contribution is 2.17. The monoisotopic (exact) mass is 241 g/mol. The van der Waals surface area contributed by atoms with E-state index in [0.29, 0.717) is 17.1 Å². The van der Waals surface area contributed by atoms with E-state index in [1.165, 1.54) is 12.1 Å². The van der Waals surface area contributed by atoms with Crippen molar-refractivity contribution in [1.82, 2.24) is 9.97 Å². The number of aryl methyl sites for hydroxylation is 1. The molecule has 0 fully saturated rings. The molecule has 0 radical (unpaired) electrons. The highest BCUT2D eigenvalue weighted by molar-refractivity contribution is 5.55. The Morgan fingerprint density at radius 1 is 1.39 bits per heavy atom. The summed E-state index contributed by atoms with van der Waals surface area (Å²) >= 11 is 0. The predicted octanol–water partition coefficient (Wildman–Crippen LogP) is 3.11. The van der Waals surface area contributed by atoms with Crippen LogP contribution >= 0.6 is 0 Å². The molecule has 0 aliphatic carbocycles. The maximum absolute atomic E-state index is 13.1. The molecule has 0 saturated carbocycles. The number of hydrogen-bond donors (Lipinski definition) is 0. The van der Waals surface area contributed by atoms with Gasteiger partial charge in [-0.1, -0.05) is 25.5 Å². The van der Waals surface area contributed by atoms with Gasteiger partial charge in [0.25, 0.3) is 0 Å². The molecule has 2 rings (SSSR count). The van der Waals surface area contributed by atoms with Crippen LogP contribution in [0.2, 0.25) is 0 Å². The Morgan fingerprint density at radius 3 is 2.89 bits per heavy atom. The molecule has 0 saturated heterocycles. The summed E-state index contributed by atoms with van der Waals surface area (Å²) in [5, 5.41) is 9.06. The first-order chi connectivity index (χ1) is 8.74. The van der Waals surface area contributed by atoms with Crippen LogP contribution < -0.4 is 0 Å². The second kappa shape index (κ2) is 5.37. The van der Waals surface area contributed by atoms with Crippen molar-refractivity contribution < 1.29 is 4.39 Å². The van der Waals surface area contributed by atoms with Gasteiger partial charge in [0.15, 0.2) is 5.82 Å². The first-order valence-electron chi connectivity index (χ1n) is 5.76. The van der Waals surface area contributed by atoms with Gasteiger partial charge in [-0.2, -0.15) is 5.26 Å². The topological polar surface area (TPSA) is 49.6 Å². The molecule has 0 aliphatic heterocycles. The molecule has 3 nitrogen and oxygen atoms in total. The lowest BCUT2D eigenvalue weighted by atomic mass is 10.1. The Hall–Kier alpha value is -2.28. The van der Waals surface area contributed by atoms with Crippen molar-refractivity contribution in [2.75, 3.05) is 0 Å². The first-order valence-corrected chi connectivity index (χ1v) is 5.76. The lowest BCUT2D eigenvalue weighted by molar-refractivity contribution is 0.628. The minimum absolute atomic E-state index is 0.341. The summed E-state index contributed by atoms with van der Waals surface area (Å²) in [6.45, 7) is 2.03. The minimum atomic E-state index is -0.341. The van der Waals surface area contributed by atoms with Gasteiger partial charge in [0, 0.05) is 17.3 Å². The van der Waals surface area contributed by atoms with Crippen LogP contribution in [0.3, 0.4) is 0 Å². The van der Waals surface area contributed by atoms with Gasteiger partial charge in [0.05, 0.1) is 0 Å². The van der Waals surface area contributed by atoms with Crippen molar-refractivity contribution in [3.63, 3.8) is 0 Å². The molecule has 0 aliphatic rings. The number of halogens is 1. The quantitative estimate of drug-likeness (QED) is 0.829. The van der Waals surface area contributed by atoms with Crippen LogP contribution in [-0.2, 0) is 6.42 Å². The zero-order valence-electron chi connectivity index (χ0n) is 10.0. The summed E-state index contributed by atoms with van der Waals surface area (Å²) in [6.07, 6.45) is 3.35. The molecule has 0 bridgehead atoms. The van der Waals surface area contributed by atoms with E-state index in [2.05, 4.69) is 16.0 Å². The van der Waals surface area contributed by atoms with Gasteiger partial charge >= 0.3 is 0 Å². The zero-order chi connectivity index (χ0) is 13.0. The van der Waals surface area contributed by atoms with Crippen LogP contribution in [0.15, 0.2) is 30.5 Å². The largest absolute Gasteiger partial charge is 0.236 e. The summed E-state index contributed by atoms with van der Waals surface area (Å²) in [6, 6.07) is 8.10. The van der Waals surface area contributed by atoms with Crippen molar-refractivity contribution in [2.24, 2.45) is 0 Å². The standard InChI is InChI=1S/C14H12FN3/c1-2-4-11-9-17-14(18-13(11)8-16)10-5-3-6-12(15)7-10/h3,5-7,9H,2,4H2,1H3. The average molecular weight is 241 g/mol. The number of nitrogens with zero attached hydrogens (tertiary/aromatic N) is 3. The zero-order valence-corrected chi connectivity index (χ0v) is 10.0. The van der Waals surface area contributed by atoms with Crippen molar-refractivity contribution in [3.05, 3.63) is 47.5 Å². The minimum Gasteiger partial charge on any atom is -0.236 e. The molecule has 0 atom stereocenters. The van der Waals surface area contributed by atoms with Gasteiger partial charge in [-0.15, -0.1) is 0 Å². The summed E-state index contributed by atoms with van der Waals surface area (Å²) in [5.74, 6) is 0.0399. The van der Waals surface area contributed by atoms with Crippen LogP contribution in [0, 0.1) is 17.1 Å². The molecule has 90 valence electrons. The van der Waals surface area contributed by atoms with Crippen molar-refractivity contribution >= 4 is 0 Å². The van der Waals surface area contributed by atoms with E-state index in [-0.39, 0.29) is 5.82 Å². The van der Waals surface area contributed by atoms with Crippen molar-refractivity contribution in [1.29, 1.82) is 5.26 Å². The average Bonchev–Trinajstić information content (AvgIpc) is 2.39. The molecule has 4 heteroatoms. The molecule has 18 heavy (non-hydrogen) atoms. The van der Waals surface area contributed by atoms with E-state index in [4.69, 9.17) is 5.26 Å². The fourth-order valence-electron chi connectivity index (χ4n) is 1.72. The fourth-order valence-corrected chi connectivity index (χ4v) is 1.72. The van der Waals surface area contributed by atoms with Gasteiger partial charge in [-0.05, 0) is 18.6 Å². The van der Waals surface area contributed by atoms with Gasteiger partial charge in [-0.3, -0.25) is 0 Å². The third-order valence-electron chi connectivity index (χ3n) is 2.57. The lowest BCUT2D eigenvalue weighted by Gasteiger charge is -2.04. The predicted molar refractivity (Wildman–Crippen MR) is 66.1 cm³/mol. The second-order valence-corrected chi connectivity index (χ2v) is 3.94. The normalized spacial score (nSPS) is 10.1. The van der Waals surface area contributed by atoms with E-state index < -0.39 is 0 Å². The highest BCUT2D eigenvalue weighted by atomic mass is 19.1. The lowest BCUT2D eigenvalue weighted by Crippen LogP contribution is -1.98. The van der Waals surface area contributed by atoms with Gasteiger partial charge in [-0.25, -0.2) is 14.4 Å². The molecular weight excluding hydrogens is 229 g/mol. The molecule has 0 N–H and O–H groups in total. The van der Waals surface area contributed by atoms with Crippen LogP contribution in [0.4, 0.5) is 4.39 Å². The maximum atomic E-state index is 13.1. The second-order valence-electron chi connectivity index (χ2n) is 3.94. The molecule has 1 heterocycles. The van der Waals surface area contributed by atoms with Crippen molar-refractivity contribution in [2.45, 2.75) is 19.8 Å². The van der Waals surface area contributed by atoms with Gasteiger partial charge < -0.3 is 0 Å². The van der Waals surface area contributed by atoms with Crippen molar-refractivity contribution in [3.8, 4) is 17.5 Å². The summed E-state index contributed by atoms with van der Waals surface area (Å²) in [5.41, 5.74) is 1.78. The Labute approximate surface area is 105 Å². The van der Waals surface area contributed by atoms with E-state index >= 15 is 0 Å². The Kier molecular flexibility index (Phi) is 3.63. The fraction of sp³-hybridized carbons (Fsp3) is 0.214.